The highest BCUT2D eigenvalue weighted by molar-refractivity contribution is 6.30. The van der Waals surface area contributed by atoms with E-state index in [0.717, 1.165) is 5.02 Å². The number of hydrogen-bond donors (Lipinski definition) is 0. The number of rotatable bonds is 3. The monoisotopic (exact) mass is 223 g/mol. The number of nitrogens with zero attached hydrogens (tertiary/aromatic N) is 1. The molecule has 0 saturated carbocycles. The second kappa shape index (κ2) is 5.00. The molecule has 0 bridgehead atoms. The molecule has 2 rings (SSSR count). The van der Waals surface area contributed by atoms with Gasteiger partial charge in [0.2, 0.25) is 0 Å². The molecule has 0 spiro atoms. The molecule has 1 aliphatic heterocycles. The van der Waals surface area contributed by atoms with Crippen LogP contribution in [-0.2, 0) is 0 Å². The molecular formula is C13H18ClN. The van der Waals surface area contributed by atoms with E-state index in [-0.39, 0.29) is 0 Å². The minimum Gasteiger partial charge on any atom is -0.296 e. The quantitative estimate of drug-likeness (QED) is 0.752. The predicted molar refractivity (Wildman–Crippen MR) is 65.3 cm³/mol. The van der Waals surface area contributed by atoms with Crippen LogP contribution < -0.4 is 0 Å². The van der Waals surface area contributed by atoms with Crippen molar-refractivity contribution in [3.8, 4) is 0 Å². The van der Waals surface area contributed by atoms with Crippen molar-refractivity contribution in [1.29, 1.82) is 0 Å². The smallest absolute Gasteiger partial charge is 0.0406 e. The lowest BCUT2D eigenvalue weighted by Crippen LogP contribution is -2.24. The summed E-state index contributed by atoms with van der Waals surface area (Å²) < 4.78 is 0. The van der Waals surface area contributed by atoms with Crippen molar-refractivity contribution in [3.63, 3.8) is 0 Å². The van der Waals surface area contributed by atoms with Gasteiger partial charge in [-0.05, 0) is 50.0 Å². The van der Waals surface area contributed by atoms with Crippen LogP contribution in [0.3, 0.4) is 0 Å². The fourth-order valence-corrected chi connectivity index (χ4v) is 2.57. The van der Waals surface area contributed by atoms with E-state index < -0.39 is 0 Å². The molecule has 1 heterocycles. The summed E-state index contributed by atoms with van der Waals surface area (Å²) in [4.78, 5) is 2.59. The first-order valence-electron chi connectivity index (χ1n) is 5.81. The van der Waals surface area contributed by atoms with Crippen LogP contribution in [0.5, 0.6) is 0 Å². The Bertz CT molecular complexity index is 301. The van der Waals surface area contributed by atoms with E-state index in [0.29, 0.717) is 6.04 Å². The summed E-state index contributed by atoms with van der Waals surface area (Å²) in [5.41, 5.74) is 1.41. The van der Waals surface area contributed by atoms with Crippen LogP contribution in [0, 0.1) is 0 Å². The lowest BCUT2D eigenvalue weighted by atomic mass is 10.0. The molecule has 1 aliphatic rings. The maximum absolute atomic E-state index is 5.91. The second-order valence-corrected chi connectivity index (χ2v) is 4.66. The zero-order valence-electron chi connectivity index (χ0n) is 9.25. The van der Waals surface area contributed by atoms with Gasteiger partial charge in [-0.3, -0.25) is 4.90 Å². The van der Waals surface area contributed by atoms with Crippen molar-refractivity contribution >= 4 is 11.6 Å². The van der Waals surface area contributed by atoms with Gasteiger partial charge in [-0.2, -0.15) is 0 Å². The van der Waals surface area contributed by atoms with E-state index in [9.17, 15) is 0 Å². The highest BCUT2D eigenvalue weighted by Crippen LogP contribution is 2.28. The van der Waals surface area contributed by atoms with Crippen molar-refractivity contribution in [2.75, 3.05) is 13.1 Å². The first-order valence-corrected chi connectivity index (χ1v) is 6.18. The van der Waals surface area contributed by atoms with Crippen molar-refractivity contribution in [3.05, 3.63) is 34.9 Å². The van der Waals surface area contributed by atoms with Gasteiger partial charge in [0.1, 0.15) is 0 Å². The minimum absolute atomic E-state index is 0.588. The van der Waals surface area contributed by atoms with Gasteiger partial charge >= 0.3 is 0 Å². The minimum atomic E-state index is 0.588. The second-order valence-electron chi connectivity index (χ2n) is 4.22. The van der Waals surface area contributed by atoms with E-state index >= 15 is 0 Å². The molecule has 1 saturated heterocycles. The Hall–Kier alpha value is -0.530. The van der Waals surface area contributed by atoms with E-state index in [1.807, 2.05) is 12.1 Å². The van der Waals surface area contributed by atoms with Gasteiger partial charge < -0.3 is 0 Å². The summed E-state index contributed by atoms with van der Waals surface area (Å²) in [6, 6.07) is 8.90. The maximum atomic E-state index is 5.91. The molecule has 1 nitrogen and oxygen atoms in total. The van der Waals surface area contributed by atoms with E-state index in [2.05, 4.69) is 24.0 Å². The summed E-state index contributed by atoms with van der Waals surface area (Å²) in [5, 5.41) is 0.829. The van der Waals surface area contributed by atoms with Gasteiger partial charge in [0.05, 0.1) is 0 Å². The Morgan fingerprint density at radius 1 is 1.20 bits per heavy atom. The summed E-state index contributed by atoms with van der Waals surface area (Å²) >= 11 is 5.91. The molecule has 2 heteroatoms. The highest BCUT2D eigenvalue weighted by Gasteiger charge is 2.21. The van der Waals surface area contributed by atoms with Crippen molar-refractivity contribution in [2.24, 2.45) is 0 Å². The number of benzene rings is 1. The van der Waals surface area contributed by atoms with Gasteiger partial charge in [-0.25, -0.2) is 0 Å². The molecule has 0 N–H and O–H groups in total. The Balaban J connectivity index is 2.14. The molecule has 0 amide bonds. The molecule has 1 unspecified atom stereocenters. The van der Waals surface area contributed by atoms with Crippen LogP contribution in [0.2, 0.25) is 5.02 Å². The van der Waals surface area contributed by atoms with Crippen LogP contribution in [0.1, 0.15) is 37.8 Å². The molecule has 0 aromatic heterocycles. The fourth-order valence-electron chi connectivity index (χ4n) is 2.44. The van der Waals surface area contributed by atoms with Crippen LogP contribution in [0.25, 0.3) is 0 Å². The zero-order valence-corrected chi connectivity index (χ0v) is 10.0. The zero-order chi connectivity index (χ0) is 10.7. The Kier molecular flexibility index (Phi) is 3.66. The number of hydrogen-bond acceptors (Lipinski definition) is 1. The maximum Gasteiger partial charge on any atom is 0.0406 e. The summed E-state index contributed by atoms with van der Waals surface area (Å²) in [7, 11) is 0. The Morgan fingerprint density at radius 2 is 1.80 bits per heavy atom. The first kappa shape index (κ1) is 11.0. The number of halogens is 1. The molecular weight excluding hydrogens is 206 g/mol. The Labute approximate surface area is 97.0 Å². The fraction of sp³-hybridized carbons (Fsp3) is 0.538. The highest BCUT2D eigenvalue weighted by atomic mass is 35.5. The number of likely N-dealkylation sites (tertiary alicyclic amines) is 1. The third-order valence-corrected chi connectivity index (χ3v) is 3.47. The first-order chi connectivity index (χ1) is 7.31. The van der Waals surface area contributed by atoms with E-state index in [1.165, 1.54) is 37.9 Å². The van der Waals surface area contributed by atoms with Gasteiger partial charge in [0.15, 0.2) is 0 Å². The molecule has 1 fully saturated rings. The average Bonchev–Trinajstić information content (AvgIpc) is 2.75. The van der Waals surface area contributed by atoms with Crippen LogP contribution in [0.4, 0.5) is 0 Å². The standard InChI is InChI=1S/C13H18ClN/c1-2-13(15-9-3-4-10-15)11-5-7-12(14)8-6-11/h5-8,13H,2-4,9-10H2,1H3. The average molecular weight is 224 g/mol. The molecule has 0 aliphatic carbocycles. The summed E-state index contributed by atoms with van der Waals surface area (Å²) in [6.07, 6.45) is 3.88. The van der Waals surface area contributed by atoms with Crippen LogP contribution in [-0.4, -0.2) is 18.0 Å². The normalized spacial score (nSPS) is 19.3. The molecule has 1 atom stereocenters. The summed E-state index contributed by atoms with van der Waals surface area (Å²) in [5.74, 6) is 0. The Morgan fingerprint density at radius 3 is 2.33 bits per heavy atom. The molecule has 1 aromatic carbocycles. The van der Waals surface area contributed by atoms with Crippen LogP contribution >= 0.6 is 11.6 Å². The van der Waals surface area contributed by atoms with Crippen LogP contribution in [0.15, 0.2) is 24.3 Å². The lowest BCUT2D eigenvalue weighted by Gasteiger charge is -2.26. The third-order valence-electron chi connectivity index (χ3n) is 3.22. The molecule has 0 radical (unpaired) electrons. The van der Waals surface area contributed by atoms with Crippen molar-refractivity contribution < 1.29 is 0 Å². The molecule has 1 aromatic rings. The van der Waals surface area contributed by atoms with Crippen molar-refractivity contribution in [1.82, 2.24) is 4.90 Å². The van der Waals surface area contributed by atoms with E-state index in [4.69, 9.17) is 11.6 Å². The third kappa shape index (κ3) is 2.53. The molecule has 82 valence electrons. The van der Waals surface area contributed by atoms with E-state index in [1.54, 1.807) is 0 Å². The topological polar surface area (TPSA) is 3.24 Å². The van der Waals surface area contributed by atoms with Crippen molar-refractivity contribution in [2.45, 2.75) is 32.2 Å². The summed E-state index contributed by atoms with van der Waals surface area (Å²) in [6.45, 7) is 4.76. The molecule has 15 heavy (non-hydrogen) atoms. The van der Waals surface area contributed by atoms with Gasteiger partial charge in [0, 0.05) is 11.1 Å². The van der Waals surface area contributed by atoms with Gasteiger partial charge in [-0.15, -0.1) is 0 Å². The SMILES string of the molecule is CCC(c1ccc(Cl)cc1)N1CCCC1. The lowest BCUT2D eigenvalue weighted by molar-refractivity contribution is 0.239. The largest absolute Gasteiger partial charge is 0.296 e. The predicted octanol–water partition coefficient (Wildman–Crippen LogP) is 3.89. The van der Waals surface area contributed by atoms with Gasteiger partial charge in [0.25, 0.3) is 0 Å². The van der Waals surface area contributed by atoms with Gasteiger partial charge in [-0.1, -0.05) is 30.7 Å².